The highest BCUT2D eigenvalue weighted by Crippen LogP contribution is 2.50. The predicted octanol–water partition coefficient (Wildman–Crippen LogP) is 6.38. The van der Waals surface area contributed by atoms with Crippen LogP contribution in [0.15, 0.2) is 72.8 Å². The minimum atomic E-state index is -0.926. The van der Waals surface area contributed by atoms with E-state index >= 15 is 0 Å². The lowest BCUT2D eigenvalue weighted by Gasteiger charge is -2.24. The summed E-state index contributed by atoms with van der Waals surface area (Å²) in [5, 5.41) is 30.5. The maximum Gasteiger partial charge on any atom is 0.372 e. The van der Waals surface area contributed by atoms with Gasteiger partial charge < -0.3 is 10.6 Å². The molecule has 4 aromatic rings. The molecular formula is C28H20N4O6. The first kappa shape index (κ1) is 24.3. The number of hydrogen-bond donors (Lipinski definition) is 2. The van der Waals surface area contributed by atoms with Crippen LogP contribution in [0.3, 0.4) is 0 Å². The molecule has 0 amide bonds. The summed E-state index contributed by atoms with van der Waals surface area (Å²) in [4.78, 5) is 50.6. The molecule has 5 rings (SSSR count). The summed E-state index contributed by atoms with van der Waals surface area (Å²) in [6.07, 6.45) is 0. The van der Waals surface area contributed by atoms with Crippen LogP contribution >= 0.6 is 0 Å². The van der Waals surface area contributed by atoms with Crippen LogP contribution in [0, 0.1) is 34.1 Å². The van der Waals surface area contributed by atoms with Crippen LogP contribution in [0.4, 0.5) is 34.1 Å². The molecule has 0 spiro atoms. The van der Waals surface area contributed by atoms with Crippen molar-refractivity contribution in [2.45, 2.75) is 13.8 Å². The number of fused-ring (bicyclic) bond motifs is 2. The number of nitrogens with one attached hydrogen (secondary N) is 2. The molecule has 0 aliphatic heterocycles. The van der Waals surface area contributed by atoms with Gasteiger partial charge in [-0.1, -0.05) is 59.7 Å². The van der Waals surface area contributed by atoms with Crippen LogP contribution in [-0.4, -0.2) is 21.4 Å². The molecule has 0 bridgehead atoms. The number of rotatable bonds is 6. The van der Waals surface area contributed by atoms with Gasteiger partial charge in [0.2, 0.25) is 0 Å². The minimum absolute atomic E-state index is 0.0568. The zero-order valence-corrected chi connectivity index (χ0v) is 20.3. The first-order chi connectivity index (χ1) is 18.2. The van der Waals surface area contributed by atoms with Gasteiger partial charge in [-0.15, -0.1) is 0 Å². The molecule has 0 saturated heterocycles. The molecule has 0 unspecified atom stereocenters. The Labute approximate surface area is 216 Å². The number of nitro benzene ring substituents is 2. The predicted molar refractivity (Wildman–Crippen MR) is 142 cm³/mol. The quantitative estimate of drug-likeness (QED) is 0.198. The fourth-order valence-electron chi connectivity index (χ4n) is 4.49. The molecule has 0 atom stereocenters. The van der Waals surface area contributed by atoms with Gasteiger partial charge in [-0.3, -0.25) is 29.8 Å². The van der Waals surface area contributed by atoms with Crippen LogP contribution in [0.5, 0.6) is 0 Å². The Morgan fingerprint density at radius 2 is 0.921 bits per heavy atom. The Morgan fingerprint density at radius 3 is 1.24 bits per heavy atom. The highest BCUT2D eigenvalue weighted by atomic mass is 16.6. The van der Waals surface area contributed by atoms with Gasteiger partial charge in [0.05, 0.1) is 21.0 Å². The van der Waals surface area contributed by atoms with Crippen molar-refractivity contribution in [1.82, 2.24) is 0 Å². The van der Waals surface area contributed by atoms with Crippen molar-refractivity contribution in [1.29, 1.82) is 0 Å². The maximum absolute atomic E-state index is 13.8. The summed E-state index contributed by atoms with van der Waals surface area (Å²) in [7, 11) is 0. The number of nitro groups is 2. The fraction of sp³-hybridized carbons (Fsp3) is 0.0714. The molecule has 0 fully saturated rings. The van der Waals surface area contributed by atoms with Crippen LogP contribution in [0.1, 0.15) is 43.0 Å². The van der Waals surface area contributed by atoms with Gasteiger partial charge >= 0.3 is 11.4 Å². The number of ketones is 2. The third kappa shape index (κ3) is 4.03. The first-order valence-electron chi connectivity index (χ1n) is 11.6. The number of nitrogens with zero attached hydrogens (tertiary/aromatic N) is 2. The van der Waals surface area contributed by atoms with Gasteiger partial charge in [0.15, 0.2) is 11.6 Å². The molecule has 0 radical (unpaired) electrons. The summed E-state index contributed by atoms with van der Waals surface area (Å²) in [5.74, 6) is -1.32. The van der Waals surface area contributed by atoms with Gasteiger partial charge in [-0.25, -0.2) is 0 Å². The average Bonchev–Trinajstić information content (AvgIpc) is 2.89. The number of benzene rings is 4. The molecule has 0 saturated carbocycles. The number of aryl methyl sites for hydroxylation is 2. The van der Waals surface area contributed by atoms with Gasteiger partial charge in [0.25, 0.3) is 0 Å². The minimum Gasteiger partial charge on any atom is -0.349 e. The van der Waals surface area contributed by atoms with Crippen molar-refractivity contribution in [3.05, 3.63) is 126 Å². The highest BCUT2D eigenvalue weighted by Gasteiger charge is 2.45. The Balaban J connectivity index is 1.89. The molecule has 10 nitrogen and oxygen atoms in total. The van der Waals surface area contributed by atoms with E-state index in [9.17, 15) is 29.8 Å². The Bertz CT molecular complexity index is 1540. The molecule has 10 heteroatoms. The molecule has 1 aliphatic carbocycles. The van der Waals surface area contributed by atoms with E-state index in [2.05, 4.69) is 10.6 Å². The monoisotopic (exact) mass is 508 g/mol. The lowest BCUT2D eigenvalue weighted by Crippen LogP contribution is -2.25. The third-order valence-electron chi connectivity index (χ3n) is 6.33. The number of carbonyl (C=O) groups is 2. The van der Waals surface area contributed by atoms with Crippen LogP contribution < -0.4 is 10.6 Å². The van der Waals surface area contributed by atoms with E-state index in [1.165, 1.54) is 12.1 Å². The Hall–Kier alpha value is -5.38. The van der Waals surface area contributed by atoms with Gasteiger partial charge in [-0.2, -0.15) is 0 Å². The van der Waals surface area contributed by atoms with Crippen molar-refractivity contribution < 1.29 is 19.4 Å². The first-order valence-corrected chi connectivity index (χ1v) is 11.6. The molecular weight excluding hydrogens is 488 g/mol. The molecule has 4 aromatic carbocycles. The second-order valence-electron chi connectivity index (χ2n) is 8.90. The van der Waals surface area contributed by atoms with Crippen molar-refractivity contribution in [3.8, 4) is 0 Å². The van der Waals surface area contributed by atoms with Crippen molar-refractivity contribution >= 4 is 45.7 Å². The summed E-state index contributed by atoms with van der Waals surface area (Å²) >= 11 is 0. The maximum atomic E-state index is 13.8. The number of hydrogen-bond acceptors (Lipinski definition) is 8. The Morgan fingerprint density at radius 1 is 0.579 bits per heavy atom. The third-order valence-corrected chi connectivity index (χ3v) is 6.33. The molecule has 38 heavy (non-hydrogen) atoms. The van der Waals surface area contributed by atoms with E-state index in [-0.39, 0.29) is 22.3 Å². The van der Waals surface area contributed by atoms with Crippen LogP contribution in [0.25, 0.3) is 0 Å². The van der Waals surface area contributed by atoms with E-state index in [0.29, 0.717) is 11.4 Å². The summed E-state index contributed by atoms with van der Waals surface area (Å²) in [6, 6.07) is 19.5. The largest absolute Gasteiger partial charge is 0.372 e. The number of carbonyl (C=O) groups excluding carboxylic acids is 2. The fourth-order valence-corrected chi connectivity index (χ4v) is 4.49. The van der Waals surface area contributed by atoms with E-state index in [1.54, 1.807) is 60.7 Å². The van der Waals surface area contributed by atoms with E-state index in [0.717, 1.165) is 11.1 Å². The van der Waals surface area contributed by atoms with E-state index in [1.807, 2.05) is 13.8 Å². The second-order valence-corrected chi connectivity index (χ2v) is 8.90. The summed E-state index contributed by atoms with van der Waals surface area (Å²) in [5.41, 5.74) is -0.640. The zero-order chi connectivity index (χ0) is 27.1. The SMILES string of the molecule is Cc1ccc(Nc2c3c(c(Nc4ccc(C)cc4)c([N+](=O)[O-])c2[N+](=O)[O-])C(=O)c2ccccc2C3=O)cc1. The van der Waals surface area contributed by atoms with E-state index in [4.69, 9.17) is 0 Å². The topological polar surface area (TPSA) is 144 Å². The standard InChI is InChI=1S/C28H20N4O6/c1-15-7-11-17(12-8-15)29-23-21-22(28(34)20-6-4-3-5-19(20)27(21)33)24(26(32(37)38)25(23)31(35)36)30-18-13-9-16(2)10-14-18/h3-14,29-30H,1-2H3. The summed E-state index contributed by atoms with van der Waals surface area (Å²) in [6.45, 7) is 3.70. The van der Waals surface area contributed by atoms with Crippen molar-refractivity contribution in [2.24, 2.45) is 0 Å². The van der Waals surface area contributed by atoms with E-state index < -0.39 is 44.2 Å². The second kappa shape index (κ2) is 9.25. The lowest BCUT2D eigenvalue weighted by molar-refractivity contribution is -0.421. The molecule has 188 valence electrons. The zero-order valence-electron chi connectivity index (χ0n) is 20.3. The molecule has 0 heterocycles. The van der Waals surface area contributed by atoms with Gasteiger partial charge in [0, 0.05) is 22.5 Å². The molecule has 1 aliphatic rings. The van der Waals surface area contributed by atoms with Crippen molar-refractivity contribution in [3.63, 3.8) is 0 Å². The average molecular weight is 508 g/mol. The van der Waals surface area contributed by atoms with Gasteiger partial charge in [0.1, 0.15) is 11.4 Å². The molecule has 0 aromatic heterocycles. The highest BCUT2D eigenvalue weighted by molar-refractivity contribution is 6.33. The summed E-state index contributed by atoms with van der Waals surface area (Å²) < 4.78 is 0. The lowest BCUT2D eigenvalue weighted by atomic mass is 9.81. The Kier molecular flexibility index (Phi) is 5.92. The van der Waals surface area contributed by atoms with Crippen molar-refractivity contribution in [2.75, 3.05) is 10.6 Å². The van der Waals surface area contributed by atoms with Crippen LogP contribution in [0.2, 0.25) is 0 Å². The smallest absolute Gasteiger partial charge is 0.349 e. The molecule has 2 N–H and O–H groups in total. The van der Waals surface area contributed by atoms with Gasteiger partial charge in [-0.05, 0) is 38.1 Å². The van der Waals surface area contributed by atoms with Crippen LogP contribution in [-0.2, 0) is 0 Å². The normalized spacial score (nSPS) is 11.9. The number of anilines is 4.